The van der Waals surface area contributed by atoms with Gasteiger partial charge in [-0.05, 0) is 36.8 Å². The van der Waals surface area contributed by atoms with Gasteiger partial charge in [0.2, 0.25) is 11.9 Å². The van der Waals surface area contributed by atoms with Gasteiger partial charge in [-0.25, -0.2) is 0 Å². The third kappa shape index (κ3) is 2.98. The molecule has 0 bridgehead atoms. The van der Waals surface area contributed by atoms with Crippen molar-refractivity contribution in [2.45, 2.75) is 26.2 Å². The van der Waals surface area contributed by atoms with E-state index in [-0.39, 0.29) is 12.0 Å². The number of anilines is 1. The summed E-state index contributed by atoms with van der Waals surface area (Å²) in [5, 5.41) is 3.42. The summed E-state index contributed by atoms with van der Waals surface area (Å²) in [5.74, 6) is 0.576. The van der Waals surface area contributed by atoms with Crippen LogP contribution >= 0.6 is 0 Å². The second-order valence-electron chi connectivity index (χ2n) is 3.89. The number of piperidine rings is 1. The van der Waals surface area contributed by atoms with E-state index < -0.39 is 0 Å². The smallest absolute Gasteiger partial charge is 0.321 e. The Labute approximate surface area is 105 Å². The first-order valence-corrected chi connectivity index (χ1v) is 6.02. The zero-order valence-electron chi connectivity index (χ0n) is 10.3. The maximum Gasteiger partial charge on any atom is 0.321 e. The third-order valence-electron chi connectivity index (χ3n) is 2.64. The van der Waals surface area contributed by atoms with Crippen LogP contribution in [0.5, 0.6) is 6.01 Å². The molecule has 2 heterocycles. The van der Waals surface area contributed by atoms with E-state index >= 15 is 0 Å². The van der Waals surface area contributed by atoms with Gasteiger partial charge in [0.25, 0.3) is 0 Å². The first kappa shape index (κ1) is 12.4. The molecule has 1 aliphatic heterocycles. The van der Waals surface area contributed by atoms with Crippen molar-refractivity contribution in [1.29, 1.82) is 0 Å². The standard InChI is InChI=1S/C10H15N7O/c1-2-18-10-13-8(15-16-11)12-9(14-10)17-6-4-3-5-7-17/h2-7H2,1H3. The van der Waals surface area contributed by atoms with E-state index in [1.165, 1.54) is 6.42 Å². The van der Waals surface area contributed by atoms with Crippen molar-refractivity contribution < 1.29 is 4.74 Å². The first-order valence-electron chi connectivity index (χ1n) is 6.02. The van der Waals surface area contributed by atoms with E-state index in [2.05, 4.69) is 29.9 Å². The molecule has 0 atom stereocenters. The number of azide groups is 1. The number of nitrogens with zero attached hydrogens (tertiary/aromatic N) is 7. The van der Waals surface area contributed by atoms with Gasteiger partial charge in [0, 0.05) is 18.0 Å². The largest absolute Gasteiger partial charge is 0.464 e. The van der Waals surface area contributed by atoms with Gasteiger partial charge >= 0.3 is 6.01 Å². The average Bonchev–Trinajstić information content (AvgIpc) is 2.40. The molecule has 8 heteroatoms. The minimum Gasteiger partial charge on any atom is -0.464 e. The van der Waals surface area contributed by atoms with Crippen molar-refractivity contribution in [1.82, 2.24) is 15.0 Å². The highest BCUT2D eigenvalue weighted by Gasteiger charge is 2.16. The molecule has 1 aromatic rings. The molecule has 0 unspecified atom stereocenters. The molecule has 8 nitrogen and oxygen atoms in total. The van der Waals surface area contributed by atoms with Crippen molar-refractivity contribution in [3.8, 4) is 6.01 Å². The summed E-state index contributed by atoms with van der Waals surface area (Å²) in [4.78, 5) is 17.0. The van der Waals surface area contributed by atoms with Crippen molar-refractivity contribution in [3.05, 3.63) is 10.4 Å². The molecule has 1 aliphatic rings. The minimum atomic E-state index is 0.0523. The lowest BCUT2D eigenvalue weighted by Gasteiger charge is -2.26. The van der Waals surface area contributed by atoms with E-state index in [0.29, 0.717) is 12.6 Å². The van der Waals surface area contributed by atoms with Gasteiger partial charge in [-0.3, -0.25) is 0 Å². The fourth-order valence-electron chi connectivity index (χ4n) is 1.85. The van der Waals surface area contributed by atoms with E-state index in [9.17, 15) is 0 Å². The SMILES string of the molecule is CCOc1nc(N=[N+]=[N-])nc(N2CCCCC2)n1. The average molecular weight is 249 g/mol. The first-order chi connectivity index (χ1) is 8.83. The van der Waals surface area contributed by atoms with Crippen LogP contribution in [0.3, 0.4) is 0 Å². The van der Waals surface area contributed by atoms with E-state index in [0.717, 1.165) is 25.9 Å². The quantitative estimate of drug-likeness (QED) is 0.462. The summed E-state index contributed by atoms with van der Waals surface area (Å²) in [6.45, 7) is 4.12. The highest BCUT2D eigenvalue weighted by atomic mass is 16.5. The Hall–Kier alpha value is -2.08. The number of rotatable bonds is 4. The molecule has 0 saturated carbocycles. The number of ether oxygens (including phenoxy) is 1. The molecular weight excluding hydrogens is 234 g/mol. The van der Waals surface area contributed by atoms with Gasteiger partial charge < -0.3 is 9.64 Å². The van der Waals surface area contributed by atoms with Crippen LogP contribution in [0.4, 0.5) is 11.9 Å². The van der Waals surface area contributed by atoms with Crippen LogP contribution in [0.25, 0.3) is 10.4 Å². The summed E-state index contributed by atoms with van der Waals surface area (Å²) < 4.78 is 5.25. The lowest BCUT2D eigenvalue weighted by atomic mass is 10.1. The maximum absolute atomic E-state index is 8.45. The zero-order chi connectivity index (χ0) is 12.8. The Morgan fingerprint density at radius 3 is 2.72 bits per heavy atom. The lowest BCUT2D eigenvalue weighted by Crippen LogP contribution is -2.31. The fourth-order valence-corrected chi connectivity index (χ4v) is 1.85. The second-order valence-corrected chi connectivity index (χ2v) is 3.89. The van der Waals surface area contributed by atoms with Crippen molar-refractivity contribution in [2.75, 3.05) is 24.6 Å². The molecule has 0 N–H and O–H groups in total. The molecule has 1 aromatic heterocycles. The van der Waals surface area contributed by atoms with E-state index in [4.69, 9.17) is 10.3 Å². The predicted molar refractivity (Wildman–Crippen MR) is 65.9 cm³/mol. The summed E-state index contributed by atoms with van der Waals surface area (Å²) in [5.41, 5.74) is 8.45. The molecule has 0 spiro atoms. The molecule has 0 aromatic carbocycles. The van der Waals surface area contributed by atoms with E-state index in [1.54, 1.807) is 0 Å². The van der Waals surface area contributed by atoms with Gasteiger partial charge in [0.1, 0.15) is 0 Å². The van der Waals surface area contributed by atoms with Crippen molar-refractivity contribution in [2.24, 2.45) is 5.11 Å². The molecule has 0 aliphatic carbocycles. The van der Waals surface area contributed by atoms with Crippen LogP contribution in [-0.2, 0) is 0 Å². The fraction of sp³-hybridized carbons (Fsp3) is 0.700. The maximum atomic E-state index is 8.45. The third-order valence-corrected chi connectivity index (χ3v) is 2.64. The number of hydrogen-bond acceptors (Lipinski definition) is 6. The molecule has 18 heavy (non-hydrogen) atoms. The Morgan fingerprint density at radius 2 is 2.06 bits per heavy atom. The van der Waals surface area contributed by atoms with Crippen LogP contribution in [0, 0.1) is 0 Å². The highest BCUT2D eigenvalue weighted by Crippen LogP contribution is 2.20. The number of hydrogen-bond donors (Lipinski definition) is 0. The van der Waals surface area contributed by atoms with Crippen molar-refractivity contribution >= 4 is 11.9 Å². The van der Waals surface area contributed by atoms with Crippen LogP contribution in [0.2, 0.25) is 0 Å². The van der Waals surface area contributed by atoms with Crippen LogP contribution in [0.1, 0.15) is 26.2 Å². The summed E-state index contributed by atoms with van der Waals surface area (Å²) >= 11 is 0. The van der Waals surface area contributed by atoms with Gasteiger partial charge in [0.15, 0.2) is 0 Å². The van der Waals surface area contributed by atoms with Gasteiger partial charge in [0.05, 0.1) is 6.61 Å². The molecular formula is C10H15N7O. The lowest BCUT2D eigenvalue weighted by molar-refractivity contribution is 0.311. The van der Waals surface area contributed by atoms with E-state index in [1.807, 2.05) is 6.92 Å². The summed E-state index contributed by atoms with van der Waals surface area (Å²) in [6, 6.07) is 0.204. The second kappa shape index (κ2) is 6.02. The Morgan fingerprint density at radius 1 is 1.28 bits per heavy atom. The molecule has 0 radical (unpaired) electrons. The zero-order valence-corrected chi connectivity index (χ0v) is 10.3. The monoisotopic (exact) mass is 249 g/mol. The molecule has 0 amide bonds. The summed E-state index contributed by atoms with van der Waals surface area (Å²) in [6.07, 6.45) is 3.46. The Kier molecular flexibility index (Phi) is 4.14. The Balaban J connectivity index is 2.29. The van der Waals surface area contributed by atoms with Gasteiger partial charge in [-0.1, -0.05) is 0 Å². The van der Waals surface area contributed by atoms with Crippen LogP contribution in [-0.4, -0.2) is 34.6 Å². The highest BCUT2D eigenvalue weighted by molar-refractivity contribution is 5.35. The van der Waals surface area contributed by atoms with Crippen LogP contribution in [0.15, 0.2) is 5.11 Å². The topological polar surface area (TPSA) is 99.9 Å². The minimum absolute atomic E-state index is 0.0523. The van der Waals surface area contributed by atoms with Gasteiger partial charge in [-0.15, -0.1) is 0 Å². The predicted octanol–water partition coefficient (Wildman–Crippen LogP) is 2.20. The number of aromatic nitrogens is 3. The van der Waals surface area contributed by atoms with Gasteiger partial charge in [-0.2, -0.15) is 15.0 Å². The van der Waals surface area contributed by atoms with Crippen LogP contribution < -0.4 is 9.64 Å². The molecule has 1 fully saturated rings. The molecule has 2 rings (SSSR count). The molecule has 1 saturated heterocycles. The summed E-state index contributed by atoms with van der Waals surface area (Å²) in [7, 11) is 0. The Bertz CT molecular complexity index is 452. The van der Waals surface area contributed by atoms with Crippen molar-refractivity contribution in [3.63, 3.8) is 0 Å². The molecule has 96 valence electrons. The normalized spacial score (nSPS) is 15.1.